The maximum atomic E-state index is 12.5. The van der Waals surface area contributed by atoms with E-state index in [1.165, 1.54) is 25.7 Å². The zero-order chi connectivity index (χ0) is 17.2. The summed E-state index contributed by atoms with van der Waals surface area (Å²) in [6.45, 7) is 3.59. The highest BCUT2D eigenvalue weighted by molar-refractivity contribution is 6.31. The average molecular weight is 359 g/mol. The highest BCUT2D eigenvalue weighted by Crippen LogP contribution is 2.24. The minimum atomic E-state index is 0.0491. The van der Waals surface area contributed by atoms with Crippen molar-refractivity contribution < 1.29 is 4.79 Å². The highest BCUT2D eigenvalue weighted by atomic mass is 35.5. The Balaban J connectivity index is 1.40. The Morgan fingerprint density at radius 2 is 1.92 bits per heavy atom. The Morgan fingerprint density at radius 3 is 2.68 bits per heavy atom. The molecule has 2 fully saturated rings. The van der Waals surface area contributed by atoms with Gasteiger partial charge in [0.15, 0.2) is 5.15 Å². The molecule has 2 aliphatic rings. The zero-order valence-electron chi connectivity index (χ0n) is 14.3. The van der Waals surface area contributed by atoms with Gasteiger partial charge in [0.2, 0.25) is 5.91 Å². The van der Waals surface area contributed by atoms with E-state index >= 15 is 0 Å². The molecule has 0 radical (unpaired) electrons. The predicted octanol–water partition coefficient (Wildman–Crippen LogP) is 3.09. The number of hydrogen-bond acceptors (Lipinski definition) is 3. The summed E-state index contributed by atoms with van der Waals surface area (Å²) in [5.41, 5.74) is 1.53. The van der Waals surface area contributed by atoms with Gasteiger partial charge in [-0.3, -0.25) is 14.1 Å². The van der Waals surface area contributed by atoms with Gasteiger partial charge in [-0.15, -0.1) is 0 Å². The summed E-state index contributed by atoms with van der Waals surface area (Å²) in [7, 11) is 0. The molecule has 1 saturated heterocycles. The monoisotopic (exact) mass is 358 g/mol. The number of amides is 1. The maximum Gasteiger partial charge on any atom is 0.246 e. The molecule has 0 spiro atoms. The number of halogens is 1. The van der Waals surface area contributed by atoms with Crippen LogP contribution in [0.4, 0.5) is 0 Å². The fourth-order valence-corrected chi connectivity index (χ4v) is 4.21. The number of pyridine rings is 1. The molecule has 1 amide bonds. The van der Waals surface area contributed by atoms with Crippen LogP contribution < -0.4 is 0 Å². The Morgan fingerprint density at radius 1 is 1.16 bits per heavy atom. The molecular weight excluding hydrogens is 336 g/mol. The summed E-state index contributed by atoms with van der Waals surface area (Å²) < 4.78 is 1.89. The van der Waals surface area contributed by atoms with Crippen LogP contribution in [0.15, 0.2) is 30.5 Å². The Labute approximate surface area is 152 Å². The van der Waals surface area contributed by atoms with E-state index in [0.29, 0.717) is 5.15 Å². The number of carbonyl (C=O) groups excluding carboxylic acids is 1. The second-order valence-corrected chi connectivity index (χ2v) is 7.21. The van der Waals surface area contributed by atoms with Crippen molar-refractivity contribution in [1.29, 1.82) is 0 Å². The number of rotatable bonds is 3. The number of carbonyl (C=O) groups is 1. The third-order valence-corrected chi connectivity index (χ3v) is 5.65. The van der Waals surface area contributed by atoms with E-state index in [9.17, 15) is 4.79 Å². The summed E-state index contributed by atoms with van der Waals surface area (Å²) in [5, 5.41) is 0.418. The van der Waals surface area contributed by atoms with Gasteiger partial charge in [0.1, 0.15) is 5.65 Å². The molecule has 1 aliphatic carbocycles. The largest absolute Gasteiger partial charge is 0.337 e. The van der Waals surface area contributed by atoms with Crippen molar-refractivity contribution in [3.05, 3.63) is 41.3 Å². The van der Waals surface area contributed by atoms with Gasteiger partial charge in [-0.2, -0.15) is 0 Å². The summed E-state index contributed by atoms with van der Waals surface area (Å²) in [6, 6.07) is 6.48. The second kappa shape index (κ2) is 7.18. The fraction of sp³-hybridized carbons (Fsp3) is 0.474. The summed E-state index contributed by atoms with van der Waals surface area (Å²) in [4.78, 5) is 21.3. The van der Waals surface area contributed by atoms with Crippen molar-refractivity contribution in [2.24, 2.45) is 0 Å². The average Bonchev–Trinajstić information content (AvgIpc) is 3.27. The lowest BCUT2D eigenvalue weighted by molar-refractivity contribution is -0.127. The molecule has 2 aromatic heterocycles. The van der Waals surface area contributed by atoms with Crippen LogP contribution in [0.5, 0.6) is 0 Å². The second-order valence-electron chi connectivity index (χ2n) is 6.85. The van der Waals surface area contributed by atoms with E-state index in [-0.39, 0.29) is 5.91 Å². The van der Waals surface area contributed by atoms with Crippen LogP contribution in [-0.2, 0) is 4.79 Å². The van der Waals surface area contributed by atoms with Gasteiger partial charge in [0.25, 0.3) is 0 Å². The first-order chi connectivity index (χ1) is 12.2. The molecule has 0 atom stereocenters. The molecule has 4 rings (SSSR count). The minimum absolute atomic E-state index is 0.0491. The first kappa shape index (κ1) is 16.6. The molecular formula is C19H23ClN4O. The van der Waals surface area contributed by atoms with Gasteiger partial charge >= 0.3 is 0 Å². The molecule has 5 nitrogen and oxygen atoms in total. The van der Waals surface area contributed by atoms with Gasteiger partial charge in [0, 0.05) is 44.5 Å². The number of nitrogens with zero attached hydrogens (tertiary/aromatic N) is 4. The lowest BCUT2D eigenvalue weighted by Crippen LogP contribution is -2.51. The predicted molar refractivity (Wildman–Crippen MR) is 99.6 cm³/mol. The molecule has 1 saturated carbocycles. The van der Waals surface area contributed by atoms with Gasteiger partial charge in [-0.05, 0) is 31.1 Å². The SMILES string of the molecule is O=C(/C=C/c1c(Cl)nc2ccccn12)N1CCN(C2CCCC2)CC1. The van der Waals surface area contributed by atoms with Crippen LogP contribution in [0.2, 0.25) is 5.15 Å². The topological polar surface area (TPSA) is 40.9 Å². The standard InChI is InChI=1S/C19H23ClN4O/c20-19-16(24-10-4-3-7-17(24)21-19)8-9-18(25)23-13-11-22(12-14-23)15-5-1-2-6-15/h3-4,7-10,15H,1-2,5-6,11-14H2/b9-8+. The van der Waals surface area contributed by atoms with Crippen molar-refractivity contribution >= 4 is 29.2 Å². The van der Waals surface area contributed by atoms with Crippen LogP contribution >= 0.6 is 11.6 Å². The van der Waals surface area contributed by atoms with Crippen molar-refractivity contribution in [3.63, 3.8) is 0 Å². The normalized spacial score (nSPS) is 20.1. The number of piperazine rings is 1. The quantitative estimate of drug-likeness (QED) is 0.792. The Hall–Kier alpha value is -1.85. The molecule has 6 heteroatoms. The van der Waals surface area contributed by atoms with Crippen LogP contribution in [0, 0.1) is 0 Å². The number of aromatic nitrogens is 2. The highest BCUT2D eigenvalue weighted by Gasteiger charge is 2.27. The summed E-state index contributed by atoms with van der Waals surface area (Å²) >= 11 is 6.21. The van der Waals surface area contributed by atoms with Crippen LogP contribution in [-0.4, -0.2) is 57.3 Å². The van der Waals surface area contributed by atoms with Gasteiger partial charge in [-0.25, -0.2) is 4.98 Å². The Bertz CT molecular complexity index is 786. The number of fused-ring (bicyclic) bond motifs is 1. The van der Waals surface area contributed by atoms with Crippen molar-refractivity contribution in [3.8, 4) is 0 Å². The first-order valence-corrected chi connectivity index (χ1v) is 9.44. The molecule has 132 valence electrons. The third-order valence-electron chi connectivity index (χ3n) is 5.37. The molecule has 0 aromatic carbocycles. The maximum absolute atomic E-state index is 12.5. The van der Waals surface area contributed by atoms with Crippen molar-refractivity contribution in [2.75, 3.05) is 26.2 Å². The van der Waals surface area contributed by atoms with Crippen LogP contribution in [0.25, 0.3) is 11.7 Å². The zero-order valence-corrected chi connectivity index (χ0v) is 15.0. The molecule has 25 heavy (non-hydrogen) atoms. The van der Waals surface area contributed by atoms with Gasteiger partial charge in [0.05, 0.1) is 5.69 Å². The molecule has 0 unspecified atom stereocenters. The van der Waals surface area contributed by atoms with E-state index in [1.807, 2.05) is 33.7 Å². The van der Waals surface area contributed by atoms with Gasteiger partial charge in [-0.1, -0.05) is 30.5 Å². The molecule has 0 bridgehead atoms. The van der Waals surface area contributed by atoms with E-state index < -0.39 is 0 Å². The van der Waals surface area contributed by atoms with E-state index in [4.69, 9.17) is 11.6 Å². The molecule has 0 N–H and O–H groups in total. The first-order valence-electron chi connectivity index (χ1n) is 9.06. The number of imidazole rings is 1. The smallest absolute Gasteiger partial charge is 0.246 e. The van der Waals surface area contributed by atoms with E-state index in [1.54, 1.807) is 12.2 Å². The van der Waals surface area contributed by atoms with Crippen LogP contribution in [0.1, 0.15) is 31.4 Å². The molecule has 1 aliphatic heterocycles. The molecule has 3 heterocycles. The van der Waals surface area contributed by atoms with Crippen LogP contribution in [0.3, 0.4) is 0 Å². The Kier molecular flexibility index (Phi) is 4.77. The molecule has 2 aromatic rings. The summed E-state index contributed by atoms with van der Waals surface area (Å²) in [6.07, 6.45) is 10.6. The third kappa shape index (κ3) is 3.44. The fourth-order valence-electron chi connectivity index (χ4n) is 3.97. The number of hydrogen-bond donors (Lipinski definition) is 0. The lowest BCUT2D eigenvalue weighted by Gasteiger charge is -2.37. The van der Waals surface area contributed by atoms with Gasteiger partial charge < -0.3 is 4.90 Å². The van der Waals surface area contributed by atoms with E-state index in [0.717, 1.165) is 43.6 Å². The minimum Gasteiger partial charge on any atom is -0.337 e. The van der Waals surface area contributed by atoms with Crippen molar-refractivity contribution in [1.82, 2.24) is 19.2 Å². The lowest BCUT2D eigenvalue weighted by atomic mass is 10.2. The van der Waals surface area contributed by atoms with Crippen molar-refractivity contribution in [2.45, 2.75) is 31.7 Å². The summed E-state index contributed by atoms with van der Waals surface area (Å²) in [5.74, 6) is 0.0491. The van der Waals surface area contributed by atoms with E-state index in [2.05, 4.69) is 9.88 Å².